The standard InChI is InChI=1S/C31H38FN5O3S/c1-6-34-14-16-35(17-15-34)25(38)19-36-26(39)20-41-28(21-8-7-9-22(32)18-21)27-29(31(2,3)4)33-37(30(27)36)23-10-12-24(40-5)13-11-23/h7-13,18,28H,6,14-17,19-20H2,1-5H3. The van der Waals surface area contributed by atoms with Crippen molar-refractivity contribution in [3.63, 3.8) is 0 Å². The predicted molar refractivity (Wildman–Crippen MR) is 161 cm³/mol. The van der Waals surface area contributed by atoms with Crippen LogP contribution in [0.25, 0.3) is 5.69 Å². The van der Waals surface area contributed by atoms with Gasteiger partial charge in [-0.05, 0) is 48.5 Å². The van der Waals surface area contributed by atoms with Gasteiger partial charge in [0, 0.05) is 37.2 Å². The lowest BCUT2D eigenvalue weighted by Crippen LogP contribution is -2.52. The van der Waals surface area contributed by atoms with Crippen LogP contribution < -0.4 is 9.64 Å². The average Bonchev–Trinajstić information content (AvgIpc) is 3.30. The van der Waals surface area contributed by atoms with Crippen molar-refractivity contribution in [3.8, 4) is 11.4 Å². The Kier molecular flexibility index (Phi) is 8.42. The highest BCUT2D eigenvalue weighted by Crippen LogP contribution is 2.48. The maximum Gasteiger partial charge on any atom is 0.242 e. The van der Waals surface area contributed by atoms with Crippen molar-refractivity contribution < 1.29 is 18.7 Å². The Morgan fingerprint density at radius 2 is 1.80 bits per heavy atom. The molecule has 1 aromatic heterocycles. The quantitative estimate of drug-likeness (QED) is 0.424. The molecule has 0 saturated carbocycles. The Morgan fingerprint density at radius 3 is 2.41 bits per heavy atom. The van der Waals surface area contributed by atoms with Crippen molar-refractivity contribution in [2.75, 3.05) is 57.0 Å². The molecule has 1 atom stereocenters. The molecule has 0 N–H and O–H groups in total. The minimum Gasteiger partial charge on any atom is -0.497 e. The van der Waals surface area contributed by atoms with E-state index >= 15 is 0 Å². The monoisotopic (exact) mass is 579 g/mol. The van der Waals surface area contributed by atoms with E-state index < -0.39 is 5.41 Å². The molecule has 2 aliphatic heterocycles. The number of halogens is 1. The molecule has 3 aromatic rings. The fourth-order valence-corrected chi connectivity index (χ4v) is 6.65. The summed E-state index contributed by atoms with van der Waals surface area (Å²) in [7, 11) is 1.61. The zero-order chi connectivity index (χ0) is 29.3. The molecular formula is C31H38FN5O3S. The van der Waals surface area contributed by atoms with E-state index in [1.54, 1.807) is 22.8 Å². The third-order valence-corrected chi connectivity index (χ3v) is 8.99. The van der Waals surface area contributed by atoms with Crippen LogP contribution in [0.4, 0.5) is 10.2 Å². The number of hydrogen-bond donors (Lipinski definition) is 0. The van der Waals surface area contributed by atoms with Gasteiger partial charge in [0.05, 0.1) is 29.5 Å². The molecule has 0 bridgehead atoms. The Bertz CT molecular complexity index is 1410. The zero-order valence-corrected chi connectivity index (χ0v) is 25.2. The largest absolute Gasteiger partial charge is 0.497 e. The van der Waals surface area contributed by atoms with Crippen molar-refractivity contribution in [1.82, 2.24) is 19.6 Å². The summed E-state index contributed by atoms with van der Waals surface area (Å²) in [5.41, 5.74) is 2.73. The second-order valence-corrected chi connectivity index (χ2v) is 12.6. The highest BCUT2D eigenvalue weighted by molar-refractivity contribution is 8.00. The summed E-state index contributed by atoms with van der Waals surface area (Å²) in [5.74, 6) is 0.813. The number of ether oxygens (including phenoxy) is 1. The van der Waals surface area contributed by atoms with Crippen molar-refractivity contribution in [2.24, 2.45) is 0 Å². The van der Waals surface area contributed by atoms with Crippen LogP contribution in [0.5, 0.6) is 5.75 Å². The smallest absolute Gasteiger partial charge is 0.242 e. The number of thioether (sulfide) groups is 1. The Morgan fingerprint density at radius 1 is 1.10 bits per heavy atom. The molecule has 1 fully saturated rings. The van der Waals surface area contributed by atoms with Gasteiger partial charge in [-0.15, -0.1) is 11.8 Å². The SMILES string of the molecule is CCN1CCN(C(=O)CN2C(=O)CSC(c3cccc(F)c3)c3c(C(C)(C)C)nn(-c4ccc(OC)cc4)c32)CC1. The molecule has 218 valence electrons. The second kappa shape index (κ2) is 11.9. The van der Waals surface area contributed by atoms with Crippen LogP contribution in [0, 0.1) is 5.82 Å². The number of carbonyl (C=O) groups excluding carboxylic acids is 2. The van der Waals surface area contributed by atoms with Crippen LogP contribution in [0.15, 0.2) is 48.5 Å². The molecule has 2 aliphatic rings. The first-order valence-corrected chi connectivity index (χ1v) is 15.1. The number of rotatable bonds is 6. The van der Waals surface area contributed by atoms with Crippen LogP contribution >= 0.6 is 11.8 Å². The number of nitrogens with zero attached hydrogens (tertiary/aromatic N) is 5. The Labute approximate surface area is 245 Å². The Balaban J connectivity index is 1.67. The van der Waals surface area contributed by atoms with Crippen molar-refractivity contribution in [1.29, 1.82) is 0 Å². The summed E-state index contributed by atoms with van der Waals surface area (Å²) >= 11 is 1.45. The fraction of sp³-hybridized carbons (Fsp3) is 0.452. The van der Waals surface area contributed by atoms with Crippen LogP contribution in [-0.2, 0) is 15.0 Å². The summed E-state index contributed by atoms with van der Waals surface area (Å²) in [6.07, 6.45) is 0. The van der Waals surface area contributed by atoms with E-state index in [1.807, 2.05) is 35.2 Å². The molecule has 3 heterocycles. The van der Waals surface area contributed by atoms with Gasteiger partial charge in [0.2, 0.25) is 11.8 Å². The van der Waals surface area contributed by atoms with Crippen molar-refractivity contribution in [2.45, 2.75) is 38.4 Å². The minimum atomic E-state index is -0.395. The van der Waals surface area contributed by atoms with E-state index in [2.05, 4.69) is 32.6 Å². The predicted octanol–water partition coefficient (Wildman–Crippen LogP) is 4.65. The van der Waals surface area contributed by atoms with E-state index in [9.17, 15) is 14.0 Å². The number of carbonyl (C=O) groups is 2. The number of fused-ring (bicyclic) bond motifs is 1. The third kappa shape index (κ3) is 5.99. The topological polar surface area (TPSA) is 70.9 Å². The molecule has 10 heteroatoms. The molecule has 5 rings (SSSR count). The first-order valence-electron chi connectivity index (χ1n) is 14.1. The second-order valence-electron chi connectivity index (χ2n) is 11.5. The molecule has 2 amide bonds. The molecular weight excluding hydrogens is 541 g/mol. The lowest BCUT2D eigenvalue weighted by Gasteiger charge is -2.35. The number of benzene rings is 2. The van der Waals surface area contributed by atoms with Crippen molar-refractivity contribution in [3.05, 3.63) is 71.2 Å². The van der Waals surface area contributed by atoms with E-state index in [1.165, 1.54) is 23.9 Å². The van der Waals surface area contributed by atoms with Gasteiger partial charge in [0.15, 0.2) is 0 Å². The number of piperazine rings is 1. The molecule has 2 aromatic carbocycles. The van der Waals surface area contributed by atoms with Gasteiger partial charge in [-0.2, -0.15) is 5.10 Å². The summed E-state index contributed by atoms with van der Waals surface area (Å²) in [6, 6.07) is 14.0. The van der Waals surface area contributed by atoms with Gasteiger partial charge in [-0.25, -0.2) is 9.07 Å². The lowest BCUT2D eigenvalue weighted by atomic mass is 9.87. The first kappa shape index (κ1) is 29.1. The van der Waals surface area contributed by atoms with Crippen molar-refractivity contribution >= 4 is 29.4 Å². The zero-order valence-electron chi connectivity index (χ0n) is 24.4. The van der Waals surface area contributed by atoms with E-state index in [4.69, 9.17) is 9.84 Å². The summed E-state index contributed by atoms with van der Waals surface area (Å²) in [5, 5.41) is 4.75. The van der Waals surface area contributed by atoms with E-state index in [0.717, 1.165) is 42.1 Å². The number of anilines is 1. The fourth-order valence-electron chi connectivity index (χ4n) is 5.46. The number of hydrogen-bond acceptors (Lipinski definition) is 6. The van der Waals surface area contributed by atoms with Gasteiger partial charge < -0.3 is 14.5 Å². The van der Waals surface area contributed by atoms with Crippen LogP contribution in [0.1, 0.15) is 49.8 Å². The third-order valence-electron chi connectivity index (χ3n) is 7.73. The van der Waals surface area contributed by atoms with Gasteiger partial charge in [-0.1, -0.05) is 39.8 Å². The number of likely N-dealkylation sites (N-methyl/N-ethyl adjacent to an activating group) is 1. The molecule has 41 heavy (non-hydrogen) atoms. The molecule has 1 unspecified atom stereocenters. The Hall–Kier alpha value is -3.37. The first-order chi connectivity index (χ1) is 19.6. The lowest BCUT2D eigenvalue weighted by molar-refractivity contribution is -0.132. The number of amides is 2. The van der Waals surface area contributed by atoms with E-state index in [0.29, 0.717) is 24.7 Å². The molecule has 0 radical (unpaired) electrons. The van der Waals surface area contributed by atoms with Crippen LogP contribution in [0.2, 0.25) is 0 Å². The summed E-state index contributed by atoms with van der Waals surface area (Å²) < 4.78 is 21.6. The van der Waals surface area contributed by atoms with Gasteiger partial charge in [-0.3, -0.25) is 14.5 Å². The van der Waals surface area contributed by atoms with Gasteiger partial charge in [0.1, 0.15) is 23.9 Å². The minimum absolute atomic E-state index is 0.0835. The van der Waals surface area contributed by atoms with Crippen LogP contribution in [-0.4, -0.2) is 83.5 Å². The molecule has 1 saturated heterocycles. The average molecular weight is 580 g/mol. The van der Waals surface area contributed by atoms with Gasteiger partial charge >= 0.3 is 0 Å². The molecule has 0 aliphatic carbocycles. The highest BCUT2D eigenvalue weighted by Gasteiger charge is 2.40. The number of methoxy groups -OCH3 is 1. The number of aromatic nitrogens is 2. The van der Waals surface area contributed by atoms with Gasteiger partial charge in [0.25, 0.3) is 0 Å². The highest BCUT2D eigenvalue weighted by atomic mass is 32.2. The summed E-state index contributed by atoms with van der Waals surface area (Å²) in [4.78, 5) is 33.3. The van der Waals surface area contributed by atoms with Crippen LogP contribution in [0.3, 0.4) is 0 Å². The molecule has 8 nitrogen and oxygen atoms in total. The van der Waals surface area contributed by atoms with E-state index in [-0.39, 0.29) is 35.2 Å². The maximum absolute atomic E-state index is 14.5. The normalized spacial score (nSPS) is 18.3. The summed E-state index contributed by atoms with van der Waals surface area (Å²) in [6.45, 7) is 12.1. The molecule has 0 spiro atoms. The maximum atomic E-state index is 14.5.